The number of nitrogen functional groups attached to an aromatic ring is 1. The van der Waals surface area contributed by atoms with Gasteiger partial charge in [0, 0.05) is 17.4 Å². The number of nitrogens with zero attached hydrogens (tertiary/aromatic N) is 4. The number of fused-ring (bicyclic) bond motifs is 2. The minimum Gasteiger partial charge on any atom is -0.387 e. The highest BCUT2D eigenvalue weighted by Gasteiger charge is 2.45. The molecule has 0 spiro atoms. The topological polar surface area (TPSA) is 184 Å². The normalized spacial score (nSPS) is 25.9. The van der Waals surface area contributed by atoms with Gasteiger partial charge in [0.15, 0.2) is 17.7 Å². The van der Waals surface area contributed by atoms with Gasteiger partial charge in [-0.05, 0) is 12.1 Å². The van der Waals surface area contributed by atoms with Gasteiger partial charge >= 0.3 is 7.52 Å². The fourth-order valence-electron chi connectivity index (χ4n) is 3.70. The van der Waals surface area contributed by atoms with Gasteiger partial charge in [-0.3, -0.25) is 9.13 Å². The van der Waals surface area contributed by atoms with E-state index in [-0.39, 0.29) is 17.8 Å². The molecular formula is C18H20N7O5P. The summed E-state index contributed by atoms with van der Waals surface area (Å²) in [4.78, 5) is 25.5. The lowest BCUT2D eigenvalue weighted by Crippen LogP contribution is -2.37. The Labute approximate surface area is 175 Å². The van der Waals surface area contributed by atoms with Gasteiger partial charge in [0.1, 0.15) is 35.6 Å². The number of aliphatic hydroxyl groups is 2. The second kappa shape index (κ2) is 7.38. The van der Waals surface area contributed by atoms with Crippen LogP contribution in [0, 0.1) is 0 Å². The number of aromatic amines is 1. The summed E-state index contributed by atoms with van der Waals surface area (Å²) in [7, 11) is -3.98. The number of H-pyrrole nitrogens is 1. The first-order valence-corrected chi connectivity index (χ1v) is 11.1. The SMILES string of the molecule is Nc1ncnc2c1ncn2C1OC(CNP(=O)(O)c2cc3ccccc3[nH]2)[C@@H](O)[C@H]1O. The predicted molar refractivity (Wildman–Crippen MR) is 111 cm³/mol. The largest absolute Gasteiger partial charge is 0.387 e. The molecule has 1 aromatic carbocycles. The van der Waals surface area contributed by atoms with Crippen molar-refractivity contribution in [3.63, 3.8) is 0 Å². The molecule has 0 amide bonds. The highest BCUT2D eigenvalue weighted by Crippen LogP contribution is 2.37. The number of nitrogens with one attached hydrogen (secondary N) is 2. The van der Waals surface area contributed by atoms with Crippen LogP contribution in [0.5, 0.6) is 0 Å². The lowest BCUT2D eigenvalue weighted by molar-refractivity contribution is -0.0331. The number of nitrogens with two attached hydrogens (primary N) is 1. The Bertz CT molecular complexity index is 1270. The van der Waals surface area contributed by atoms with Crippen molar-refractivity contribution in [3.8, 4) is 0 Å². The molecule has 1 aliphatic heterocycles. The van der Waals surface area contributed by atoms with E-state index >= 15 is 0 Å². The number of para-hydroxylation sites is 1. The van der Waals surface area contributed by atoms with E-state index in [4.69, 9.17) is 10.5 Å². The highest BCUT2D eigenvalue weighted by atomic mass is 31.2. The van der Waals surface area contributed by atoms with Crippen molar-refractivity contribution in [2.24, 2.45) is 0 Å². The summed E-state index contributed by atoms with van der Waals surface area (Å²) in [6, 6.07) is 8.87. The Morgan fingerprint density at radius 3 is 2.84 bits per heavy atom. The van der Waals surface area contributed by atoms with Crippen LogP contribution in [0.3, 0.4) is 0 Å². The molecule has 12 nitrogen and oxygen atoms in total. The Kier molecular flexibility index (Phi) is 4.77. The molecule has 1 aliphatic rings. The third-order valence-corrected chi connectivity index (χ3v) is 6.85. The number of hydrogen-bond acceptors (Lipinski definition) is 8. The summed E-state index contributed by atoms with van der Waals surface area (Å²) < 4.78 is 20.0. The van der Waals surface area contributed by atoms with E-state index in [0.29, 0.717) is 11.2 Å². The Morgan fingerprint density at radius 2 is 2.03 bits per heavy atom. The van der Waals surface area contributed by atoms with Gasteiger partial charge in [0.2, 0.25) is 0 Å². The lowest BCUT2D eigenvalue weighted by atomic mass is 10.1. The molecule has 162 valence electrons. The predicted octanol–water partition coefficient (Wildman–Crippen LogP) is -0.391. The van der Waals surface area contributed by atoms with Crippen molar-refractivity contribution in [2.45, 2.75) is 24.5 Å². The Morgan fingerprint density at radius 1 is 1.23 bits per heavy atom. The van der Waals surface area contributed by atoms with Crippen LogP contribution in [0.4, 0.5) is 5.82 Å². The average molecular weight is 445 g/mol. The standard InChI is InChI=1S/C18H20N7O5P/c19-16-13-17(21-7-20-16)25(8-22-13)18-15(27)14(26)11(30-18)6-23-31(28,29)12-5-9-3-1-2-4-10(9)24-12/h1-5,7-8,11,14-15,18,24,26-27H,6H2,(H2,19,20,21)(H2,23,28,29)/t11?,14-,15-,18?/m1/s1. The van der Waals surface area contributed by atoms with Crippen molar-refractivity contribution < 1.29 is 24.4 Å². The maximum absolute atomic E-state index is 12.8. The minimum absolute atomic E-state index is 0.131. The molecule has 0 bridgehead atoms. The molecule has 5 rings (SSSR count). The third kappa shape index (κ3) is 3.39. The van der Waals surface area contributed by atoms with Gasteiger partial charge in [-0.2, -0.15) is 0 Å². The Hall–Kier alpha value is -2.86. The molecule has 13 heteroatoms. The summed E-state index contributed by atoms with van der Waals surface area (Å²) in [6.07, 6.45) is -1.94. The molecule has 0 saturated carbocycles. The molecule has 3 unspecified atom stereocenters. The molecule has 4 heterocycles. The molecule has 7 N–H and O–H groups in total. The van der Waals surface area contributed by atoms with Crippen molar-refractivity contribution in [3.05, 3.63) is 43.0 Å². The average Bonchev–Trinajstić information content (AvgIpc) is 3.44. The van der Waals surface area contributed by atoms with E-state index in [2.05, 4.69) is 25.0 Å². The van der Waals surface area contributed by atoms with Crippen LogP contribution in [0.25, 0.3) is 22.1 Å². The van der Waals surface area contributed by atoms with Gasteiger partial charge in [-0.1, -0.05) is 18.2 Å². The molecule has 1 fully saturated rings. The number of benzene rings is 1. The summed E-state index contributed by atoms with van der Waals surface area (Å²) in [6.45, 7) is -0.179. The van der Waals surface area contributed by atoms with E-state index in [1.807, 2.05) is 18.2 Å². The lowest BCUT2D eigenvalue weighted by Gasteiger charge is -2.18. The number of aromatic nitrogens is 5. The molecule has 0 aliphatic carbocycles. The van der Waals surface area contributed by atoms with Crippen LogP contribution in [0.1, 0.15) is 6.23 Å². The number of ether oxygens (including phenoxy) is 1. The van der Waals surface area contributed by atoms with Gasteiger partial charge in [-0.15, -0.1) is 0 Å². The first kappa shape index (κ1) is 20.1. The Balaban J connectivity index is 1.34. The molecule has 0 radical (unpaired) electrons. The molecule has 4 aromatic rings. The maximum Gasteiger partial charge on any atom is 0.313 e. The number of rotatable bonds is 5. The van der Waals surface area contributed by atoms with Gasteiger partial charge in [0.05, 0.1) is 6.33 Å². The van der Waals surface area contributed by atoms with Crippen LogP contribution >= 0.6 is 7.52 Å². The molecule has 5 atom stereocenters. The second-order valence-corrected chi connectivity index (χ2v) is 9.26. The van der Waals surface area contributed by atoms with Crippen LogP contribution in [0.2, 0.25) is 0 Å². The zero-order valence-electron chi connectivity index (χ0n) is 16.0. The molecule has 31 heavy (non-hydrogen) atoms. The smallest absolute Gasteiger partial charge is 0.313 e. The van der Waals surface area contributed by atoms with E-state index in [1.165, 1.54) is 17.2 Å². The third-order valence-electron chi connectivity index (χ3n) is 5.35. The van der Waals surface area contributed by atoms with Gasteiger partial charge < -0.3 is 30.6 Å². The zero-order valence-corrected chi connectivity index (χ0v) is 16.9. The number of aliphatic hydroxyl groups excluding tert-OH is 2. The molecule has 3 aromatic heterocycles. The number of hydrogen-bond donors (Lipinski definition) is 6. The molecular weight excluding hydrogens is 425 g/mol. The van der Waals surface area contributed by atoms with E-state index in [9.17, 15) is 19.7 Å². The van der Waals surface area contributed by atoms with Crippen LogP contribution in [0.15, 0.2) is 43.0 Å². The van der Waals surface area contributed by atoms with Crippen molar-refractivity contribution in [2.75, 3.05) is 12.3 Å². The van der Waals surface area contributed by atoms with E-state index in [0.717, 1.165) is 10.9 Å². The van der Waals surface area contributed by atoms with Crippen molar-refractivity contribution in [1.82, 2.24) is 29.6 Å². The van der Waals surface area contributed by atoms with Crippen LogP contribution < -0.4 is 16.3 Å². The first-order valence-electron chi connectivity index (χ1n) is 9.46. The minimum atomic E-state index is -3.98. The highest BCUT2D eigenvalue weighted by molar-refractivity contribution is 7.63. The fourth-order valence-corrected chi connectivity index (χ4v) is 4.89. The first-order chi connectivity index (χ1) is 14.8. The van der Waals surface area contributed by atoms with E-state index in [1.54, 1.807) is 12.1 Å². The van der Waals surface area contributed by atoms with Crippen LogP contribution in [-0.2, 0) is 9.30 Å². The monoisotopic (exact) mass is 445 g/mol. The van der Waals surface area contributed by atoms with Crippen molar-refractivity contribution >= 4 is 40.8 Å². The fraction of sp³-hybridized carbons (Fsp3) is 0.278. The molecule has 1 saturated heterocycles. The summed E-state index contributed by atoms with van der Waals surface area (Å²) in [5, 5.41) is 24.3. The summed E-state index contributed by atoms with van der Waals surface area (Å²) in [5.74, 6) is 0.176. The van der Waals surface area contributed by atoms with Gasteiger partial charge in [0.25, 0.3) is 0 Å². The summed E-state index contributed by atoms with van der Waals surface area (Å²) in [5.41, 5.74) is 7.32. The number of imidazole rings is 1. The maximum atomic E-state index is 12.8. The number of anilines is 1. The zero-order chi connectivity index (χ0) is 21.8. The summed E-state index contributed by atoms with van der Waals surface area (Å²) >= 11 is 0. The van der Waals surface area contributed by atoms with E-state index < -0.39 is 32.1 Å². The second-order valence-electron chi connectivity index (χ2n) is 7.31. The quantitative estimate of drug-likeness (QED) is 0.221. The van der Waals surface area contributed by atoms with Crippen LogP contribution in [-0.4, -0.2) is 64.5 Å². The van der Waals surface area contributed by atoms with Crippen molar-refractivity contribution in [1.29, 1.82) is 0 Å². The van der Waals surface area contributed by atoms with Gasteiger partial charge in [-0.25, -0.2) is 20.0 Å².